The molecule has 0 bridgehead atoms. The van der Waals surface area contributed by atoms with E-state index in [4.69, 9.17) is 0 Å². The lowest BCUT2D eigenvalue weighted by atomic mass is 10.1. The highest BCUT2D eigenvalue weighted by Crippen LogP contribution is 2.18. The SMILES string of the molecule is Cc1ccc(N[C@H](C)C(=O)Nc2ccc(S(=O)(=O)NC(C)C)cc2)c(C)c1. The van der Waals surface area contributed by atoms with Crippen molar-refractivity contribution in [2.24, 2.45) is 0 Å². The summed E-state index contributed by atoms with van der Waals surface area (Å²) < 4.78 is 26.8. The Balaban J connectivity index is 2.02. The van der Waals surface area contributed by atoms with Crippen molar-refractivity contribution in [3.63, 3.8) is 0 Å². The van der Waals surface area contributed by atoms with Crippen LogP contribution in [0.5, 0.6) is 0 Å². The van der Waals surface area contributed by atoms with Gasteiger partial charge in [0.15, 0.2) is 0 Å². The zero-order chi connectivity index (χ0) is 20.2. The fourth-order valence-electron chi connectivity index (χ4n) is 2.62. The van der Waals surface area contributed by atoms with Gasteiger partial charge in [0.05, 0.1) is 4.90 Å². The van der Waals surface area contributed by atoms with Crippen LogP contribution < -0.4 is 15.4 Å². The van der Waals surface area contributed by atoms with Crippen LogP contribution in [0.2, 0.25) is 0 Å². The van der Waals surface area contributed by atoms with E-state index >= 15 is 0 Å². The summed E-state index contributed by atoms with van der Waals surface area (Å²) in [5, 5.41) is 5.99. The lowest BCUT2D eigenvalue weighted by Gasteiger charge is -2.17. The highest BCUT2D eigenvalue weighted by atomic mass is 32.2. The number of aryl methyl sites for hydroxylation is 2. The van der Waals surface area contributed by atoms with E-state index in [0.717, 1.165) is 16.8 Å². The number of anilines is 2. The van der Waals surface area contributed by atoms with Crippen molar-refractivity contribution in [2.75, 3.05) is 10.6 Å². The lowest BCUT2D eigenvalue weighted by molar-refractivity contribution is -0.116. The van der Waals surface area contributed by atoms with Gasteiger partial charge in [-0.15, -0.1) is 0 Å². The number of carbonyl (C=O) groups excluding carboxylic acids is 1. The molecule has 0 spiro atoms. The van der Waals surface area contributed by atoms with Gasteiger partial charge < -0.3 is 10.6 Å². The third-order valence-corrected chi connectivity index (χ3v) is 5.64. The molecule has 146 valence electrons. The zero-order valence-electron chi connectivity index (χ0n) is 16.3. The highest BCUT2D eigenvalue weighted by Gasteiger charge is 2.17. The van der Waals surface area contributed by atoms with Gasteiger partial charge in [-0.1, -0.05) is 17.7 Å². The predicted octanol–water partition coefficient (Wildman–Crippen LogP) is 3.43. The molecule has 0 aliphatic carbocycles. The van der Waals surface area contributed by atoms with Gasteiger partial charge in [-0.2, -0.15) is 0 Å². The maximum atomic E-state index is 12.4. The Morgan fingerprint density at radius 2 is 1.59 bits per heavy atom. The van der Waals surface area contributed by atoms with Crippen molar-refractivity contribution in [1.82, 2.24) is 4.72 Å². The van der Waals surface area contributed by atoms with Crippen LogP contribution in [0.4, 0.5) is 11.4 Å². The van der Waals surface area contributed by atoms with Gasteiger partial charge in [0, 0.05) is 17.4 Å². The second-order valence-electron chi connectivity index (χ2n) is 6.97. The standard InChI is InChI=1S/C20H27N3O3S/c1-13(2)23-27(25,26)18-9-7-17(8-10-18)22-20(24)16(5)21-19-11-6-14(3)12-15(19)4/h6-13,16,21,23H,1-5H3,(H,22,24)/t16-/m1/s1. The molecule has 1 atom stereocenters. The van der Waals surface area contributed by atoms with E-state index in [1.54, 1.807) is 32.9 Å². The van der Waals surface area contributed by atoms with Crippen LogP contribution in [-0.4, -0.2) is 26.4 Å². The van der Waals surface area contributed by atoms with Crippen LogP contribution >= 0.6 is 0 Å². The van der Waals surface area contributed by atoms with Gasteiger partial charge in [-0.05, 0) is 70.5 Å². The van der Waals surface area contributed by atoms with Crippen molar-refractivity contribution in [1.29, 1.82) is 0 Å². The second-order valence-corrected chi connectivity index (χ2v) is 8.69. The van der Waals surface area contributed by atoms with Crippen molar-refractivity contribution >= 4 is 27.3 Å². The van der Waals surface area contributed by atoms with Crippen molar-refractivity contribution in [2.45, 2.75) is 51.6 Å². The van der Waals surface area contributed by atoms with Crippen molar-refractivity contribution in [3.8, 4) is 0 Å². The molecule has 0 aliphatic rings. The number of benzene rings is 2. The van der Waals surface area contributed by atoms with Crippen LogP contribution in [0.25, 0.3) is 0 Å². The monoisotopic (exact) mass is 389 g/mol. The minimum Gasteiger partial charge on any atom is -0.374 e. The molecule has 6 nitrogen and oxygen atoms in total. The van der Waals surface area contributed by atoms with Crippen molar-refractivity contribution in [3.05, 3.63) is 53.6 Å². The molecule has 7 heteroatoms. The molecule has 2 aromatic carbocycles. The quantitative estimate of drug-likeness (QED) is 0.677. The Bertz CT molecular complexity index is 907. The molecule has 1 amide bonds. The topological polar surface area (TPSA) is 87.3 Å². The number of nitrogens with one attached hydrogen (secondary N) is 3. The Morgan fingerprint density at radius 1 is 0.963 bits per heavy atom. The third kappa shape index (κ3) is 5.80. The number of amides is 1. The molecule has 27 heavy (non-hydrogen) atoms. The first-order valence-electron chi connectivity index (χ1n) is 8.85. The van der Waals surface area contributed by atoms with Gasteiger partial charge >= 0.3 is 0 Å². The maximum Gasteiger partial charge on any atom is 0.246 e. The number of hydrogen-bond acceptors (Lipinski definition) is 4. The van der Waals surface area contributed by atoms with E-state index in [0.29, 0.717) is 5.69 Å². The molecule has 0 saturated carbocycles. The van der Waals surface area contributed by atoms with Gasteiger partial charge in [0.25, 0.3) is 0 Å². The smallest absolute Gasteiger partial charge is 0.246 e. The molecular weight excluding hydrogens is 362 g/mol. The van der Waals surface area contributed by atoms with Crippen LogP contribution in [0.15, 0.2) is 47.4 Å². The highest BCUT2D eigenvalue weighted by molar-refractivity contribution is 7.89. The molecule has 0 heterocycles. The Hall–Kier alpha value is -2.38. The van der Waals surface area contributed by atoms with Crippen LogP contribution in [-0.2, 0) is 14.8 Å². The van der Waals surface area contributed by atoms with Gasteiger partial charge in [0.1, 0.15) is 6.04 Å². The van der Waals surface area contributed by atoms with Gasteiger partial charge in [-0.25, -0.2) is 13.1 Å². The van der Waals surface area contributed by atoms with E-state index in [9.17, 15) is 13.2 Å². The van der Waals surface area contributed by atoms with Crippen LogP contribution in [0, 0.1) is 13.8 Å². The summed E-state index contributed by atoms with van der Waals surface area (Å²) in [6.45, 7) is 9.31. The molecule has 0 radical (unpaired) electrons. The fourth-order valence-corrected chi connectivity index (χ4v) is 3.87. The maximum absolute atomic E-state index is 12.4. The molecule has 0 fully saturated rings. The van der Waals surface area contributed by atoms with E-state index in [2.05, 4.69) is 21.4 Å². The summed E-state index contributed by atoms with van der Waals surface area (Å²) in [6.07, 6.45) is 0. The number of hydrogen-bond donors (Lipinski definition) is 3. The fraction of sp³-hybridized carbons (Fsp3) is 0.350. The molecule has 3 N–H and O–H groups in total. The minimum atomic E-state index is -3.55. The average molecular weight is 390 g/mol. The second kappa shape index (κ2) is 8.54. The minimum absolute atomic E-state index is 0.163. The largest absolute Gasteiger partial charge is 0.374 e. The Morgan fingerprint density at radius 3 is 2.15 bits per heavy atom. The first-order chi connectivity index (χ1) is 12.6. The first kappa shape index (κ1) is 20.9. The first-order valence-corrected chi connectivity index (χ1v) is 10.3. The molecule has 0 unspecified atom stereocenters. The summed E-state index contributed by atoms with van der Waals surface area (Å²) in [5.74, 6) is -0.203. The zero-order valence-corrected chi connectivity index (χ0v) is 17.1. The van der Waals surface area contributed by atoms with E-state index < -0.39 is 16.1 Å². The van der Waals surface area contributed by atoms with E-state index in [-0.39, 0.29) is 16.8 Å². The molecule has 0 saturated heterocycles. The predicted molar refractivity (Wildman–Crippen MR) is 110 cm³/mol. The van der Waals surface area contributed by atoms with E-state index in [1.165, 1.54) is 12.1 Å². The van der Waals surface area contributed by atoms with E-state index in [1.807, 2.05) is 26.0 Å². The molecule has 0 aliphatic heterocycles. The number of sulfonamides is 1. The summed E-state index contributed by atoms with van der Waals surface area (Å²) >= 11 is 0. The van der Waals surface area contributed by atoms with Gasteiger partial charge in [0.2, 0.25) is 15.9 Å². The van der Waals surface area contributed by atoms with Crippen LogP contribution in [0.3, 0.4) is 0 Å². The average Bonchev–Trinajstić information content (AvgIpc) is 2.56. The number of carbonyl (C=O) groups is 1. The van der Waals surface area contributed by atoms with Crippen LogP contribution in [0.1, 0.15) is 31.9 Å². The molecule has 0 aromatic heterocycles. The molecule has 2 aromatic rings. The Labute approximate surface area is 161 Å². The number of rotatable bonds is 7. The summed E-state index contributed by atoms with van der Waals surface area (Å²) in [5.41, 5.74) is 3.68. The summed E-state index contributed by atoms with van der Waals surface area (Å²) in [7, 11) is -3.55. The normalized spacial score (nSPS) is 12.7. The Kier molecular flexibility index (Phi) is 6.62. The van der Waals surface area contributed by atoms with Crippen molar-refractivity contribution < 1.29 is 13.2 Å². The lowest BCUT2D eigenvalue weighted by Crippen LogP contribution is -2.32. The van der Waals surface area contributed by atoms with Gasteiger partial charge in [-0.3, -0.25) is 4.79 Å². The third-order valence-electron chi connectivity index (χ3n) is 3.97. The molecular formula is C20H27N3O3S. The summed E-state index contributed by atoms with van der Waals surface area (Å²) in [4.78, 5) is 12.6. The summed E-state index contributed by atoms with van der Waals surface area (Å²) in [6, 6.07) is 11.5. The molecule has 2 rings (SSSR count).